The number of ether oxygens (including phenoxy) is 2. The number of benzene rings is 1. The van der Waals surface area contributed by atoms with Crippen LogP contribution in [0, 0.1) is 0 Å². The lowest BCUT2D eigenvalue weighted by atomic mass is 10.2. The van der Waals surface area contributed by atoms with Gasteiger partial charge in [-0.25, -0.2) is 0 Å². The molecule has 234 valence electrons. The fraction of sp³-hybridized carbons (Fsp3) is 0.320. The first kappa shape index (κ1) is 32.0. The summed E-state index contributed by atoms with van der Waals surface area (Å²) in [6.07, 6.45) is 2.15. The molecule has 2 aromatic rings. The number of thioether (sulfide) groups is 2. The van der Waals surface area contributed by atoms with Crippen molar-refractivity contribution >= 4 is 95.5 Å². The average molecular weight is 702 g/mol. The third-order valence-electron chi connectivity index (χ3n) is 6.49. The zero-order chi connectivity index (χ0) is 31.9. The number of carbonyl (C=O) groups is 3. The van der Waals surface area contributed by atoms with Crippen LogP contribution >= 0.6 is 47.1 Å². The Labute approximate surface area is 267 Å². The molecule has 0 unspecified atom stereocenters. The highest BCUT2D eigenvalue weighted by molar-refractivity contribution is 8.30. The average Bonchev–Trinajstić information content (AvgIpc) is 3.67. The first-order valence-corrected chi connectivity index (χ1v) is 17.2. The molecule has 4 heterocycles. The number of allylic oxidation sites excluding steroid dienone is 1. The van der Waals surface area contributed by atoms with Crippen LogP contribution in [0.2, 0.25) is 0 Å². The molecule has 1 aromatic heterocycles. The van der Waals surface area contributed by atoms with Gasteiger partial charge in [-0.05, 0) is 24.5 Å². The van der Waals surface area contributed by atoms with E-state index < -0.39 is 52.4 Å². The highest BCUT2D eigenvalue weighted by atomic mass is 32.2. The third kappa shape index (κ3) is 6.52. The second-order valence-electron chi connectivity index (χ2n) is 9.43. The van der Waals surface area contributed by atoms with E-state index in [1.54, 1.807) is 25.1 Å². The number of carboxylic acid groups (broad SMARTS) is 2. The lowest BCUT2D eigenvalue weighted by Crippen LogP contribution is -2.37. The molecule has 1 saturated heterocycles. The minimum atomic E-state index is -4.21. The molecule has 0 radical (unpaired) electrons. The normalized spacial score (nSPS) is 18.8. The van der Waals surface area contributed by atoms with Gasteiger partial charge in [-0.1, -0.05) is 42.7 Å². The zero-order valence-corrected chi connectivity index (χ0v) is 26.8. The summed E-state index contributed by atoms with van der Waals surface area (Å²) in [5, 5.41) is 19.4. The Morgan fingerprint density at radius 1 is 1.07 bits per heavy atom. The summed E-state index contributed by atoms with van der Waals surface area (Å²) in [6.45, 7) is 0.628. The lowest BCUT2D eigenvalue weighted by molar-refractivity contribution is -0.140. The topological polar surface area (TPSA) is 193 Å². The number of aromatic nitrogens is 1. The number of hydrogen-bond acceptors (Lipinski definition) is 13. The molecular weight excluding hydrogens is 679 g/mol. The van der Waals surface area contributed by atoms with Crippen molar-refractivity contribution in [2.24, 2.45) is 0 Å². The van der Waals surface area contributed by atoms with Crippen LogP contribution in [0.4, 0.5) is 5.69 Å². The number of thiocarbonyl (C=S) groups is 1. The van der Waals surface area contributed by atoms with E-state index in [4.69, 9.17) is 21.7 Å². The van der Waals surface area contributed by atoms with Crippen LogP contribution in [0.25, 0.3) is 10.5 Å². The minimum Gasteiger partial charge on any atom is -0.480 e. The Kier molecular flexibility index (Phi) is 9.15. The Morgan fingerprint density at radius 3 is 2.39 bits per heavy atom. The molecule has 3 aliphatic heterocycles. The molecule has 3 aliphatic rings. The minimum absolute atomic E-state index is 0.0287. The quantitative estimate of drug-likeness (QED) is 0.235. The Balaban J connectivity index is 1.65. The second kappa shape index (κ2) is 12.6. The molecule has 44 heavy (non-hydrogen) atoms. The first-order chi connectivity index (χ1) is 20.8. The van der Waals surface area contributed by atoms with Crippen molar-refractivity contribution in [2.45, 2.75) is 31.2 Å². The van der Waals surface area contributed by atoms with Gasteiger partial charge < -0.3 is 24.6 Å². The van der Waals surface area contributed by atoms with Crippen molar-refractivity contribution in [3.8, 4) is 11.5 Å². The Morgan fingerprint density at radius 2 is 1.75 bits per heavy atom. The van der Waals surface area contributed by atoms with Gasteiger partial charge in [0, 0.05) is 23.6 Å². The van der Waals surface area contributed by atoms with Crippen molar-refractivity contribution in [3.63, 3.8) is 0 Å². The zero-order valence-electron chi connectivity index (χ0n) is 22.7. The van der Waals surface area contributed by atoms with Crippen LogP contribution in [-0.2, 0) is 31.0 Å². The number of amides is 1. The number of rotatable bonds is 10. The fourth-order valence-corrected chi connectivity index (χ4v) is 8.87. The van der Waals surface area contributed by atoms with Crippen LogP contribution in [0.15, 0.2) is 32.9 Å². The number of thiazole rings is 1. The van der Waals surface area contributed by atoms with Gasteiger partial charge >= 0.3 is 11.9 Å². The highest BCUT2D eigenvalue weighted by Crippen LogP contribution is 2.51. The summed E-state index contributed by atoms with van der Waals surface area (Å²) in [5.41, 5.74) is 0.576. The smallest absolute Gasteiger partial charge is 0.323 e. The maximum Gasteiger partial charge on any atom is 0.323 e. The van der Waals surface area contributed by atoms with Gasteiger partial charge in [-0.15, -0.1) is 11.3 Å². The molecule has 0 saturated carbocycles. The highest BCUT2D eigenvalue weighted by Gasteiger charge is 2.36. The maximum atomic E-state index is 13.7. The number of fused-ring (bicyclic) bond motifs is 2. The van der Waals surface area contributed by atoms with Gasteiger partial charge in [0.25, 0.3) is 21.6 Å². The summed E-state index contributed by atoms with van der Waals surface area (Å²) in [7, 11) is -4.21. The molecule has 0 aliphatic carbocycles. The molecule has 14 nitrogen and oxygen atoms in total. The second-order valence-corrected chi connectivity index (χ2v) is 14.7. The maximum absolute atomic E-state index is 13.7. The third-order valence-corrected chi connectivity index (χ3v) is 11.2. The van der Waals surface area contributed by atoms with Crippen molar-refractivity contribution < 1.29 is 47.0 Å². The summed E-state index contributed by atoms with van der Waals surface area (Å²) >= 11 is 8.22. The van der Waals surface area contributed by atoms with Crippen LogP contribution in [-0.4, -0.2) is 80.5 Å². The van der Waals surface area contributed by atoms with Gasteiger partial charge in [-0.3, -0.25) is 33.2 Å². The number of aliphatic carboxylic acids is 2. The van der Waals surface area contributed by atoms with Crippen molar-refractivity contribution in [1.82, 2.24) is 9.47 Å². The number of hydrogen-bond donors (Lipinski definition) is 3. The van der Waals surface area contributed by atoms with E-state index in [1.165, 1.54) is 11.8 Å². The van der Waals surface area contributed by atoms with Crippen LogP contribution in [0.1, 0.15) is 19.8 Å². The Hall–Kier alpha value is -3.36. The van der Waals surface area contributed by atoms with Gasteiger partial charge in [0.2, 0.25) is 6.79 Å². The van der Waals surface area contributed by atoms with E-state index in [1.807, 2.05) is 4.90 Å². The van der Waals surface area contributed by atoms with E-state index >= 15 is 0 Å². The van der Waals surface area contributed by atoms with Gasteiger partial charge in [0.05, 0.1) is 21.0 Å². The van der Waals surface area contributed by atoms with Gasteiger partial charge in [0.1, 0.15) is 27.0 Å². The van der Waals surface area contributed by atoms with Crippen LogP contribution in [0.5, 0.6) is 11.5 Å². The van der Waals surface area contributed by atoms with Crippen molar-refractivity contribution in [2.75, 3.05) is 30.5 Å². The van der Waals surface area contributed by atoms with Gasteiger partial charge in [0.15, 0.2) is 11.5 Å². The van der Waals surface area contributed by atoms with Gasteiger partial charge in [-0.2, -0.15) is 8.42 Å². The molecule has 0 spiro atoms. The van der Waals surface area contributed by atoms with E-state index in [2.05, 4.69) is 0 Å². The summed E-state index contributed by atoms with van der Waals surface area (Å²) in [5.74, 6) is -2.76. The van der Waals surface area contributed by atoms with Crippen molar-refractivity contribution in [1.29, 1.82) is 0 Å². The van der Waals surface area contributed by atoms with E-state index in [-0.39, 0.29) is 38.2 Å². The largest absolute Gasteiger partial charge is 0.480 e. The molecule has 1 fully saturated rings. The molecule has 1 amide bonds. The Bertz CT molecular complexity index is 1930. The van der Waals surface area contributed by atoms with E-state index in [9.17, 15) is 42.4 Å². The summed E-state index contributed by atoms with van der Waals surface area (Å²) < 4.78 is 44.2. The molecule has 3 N–H and O–H groups in total. The molecule has 0 atom stereocenters. The van der Waals surface area contributed by atoms with E-state index in [0.717, 1.165) is 37.5 Å². The lowest BCUT2D eigenvalue weighted by Gasteiger charge is -2.20. The SMILES string of the molecule is CCC(/C=C1\Sc2cc3c(cc2N1CCCS(=O)(=O)O)OCO3)=c1\s/c(=C2\SC(=S)N(CC(=O)O)C2=O)n(CC(=O)O)c1=O. The first-order valence-electron chi connectivity index (χ1n) is 12.8. The molecule has 5 rings (SSSR count). The summed E-state index contributed by atoms with van der Waals surface area (Å²) in [6, 6.07) is 3.55. The van der Waals surface area contributed by atoms with Crippen LogP contribution < -0.4 is 29.1 Å². The number of nitrogens with zero attached hydrogens (tertiary/aromatic N) is 3. The van der Waals surface area contributed by atoms with Crippen LogP contribution in [0.3, 0.4) is 0 Å². The predicted octanol–water partition coefficient (Wildman–Crippen LogP) is 1.07. The van der Waals surface area contributed by atoms with Crippen molar-refractivity contribution in [3.05, 3.63) is 42.8 Å². The molecular formula is C25H23N3O11S5. The fourth-order valence-electron chi connectivity index (χ4n) is 4.57. The molecule has 1 aromatic carbocycles. The number of anilines is 1. The monoisotopic (exact) mass is 701 g/mol. The standard InChI is InChI=1S/C25H23N3O11S5/c1-2-12(6-17-26(4-3-5-44(35,36)37)13-7-14-15(39-11-38-14)8-16(13)41-17)20-22(33)27(9-18(29)30)24(42-20)21-23(34)28(10-19(31)32)25(40)43-21/h6-8H,2-5,9-11H2,1H3,(H,29,30)(H,31,32)(H,35,36,37)/b17-6-,20-12+,24-21-. The van der Waals surface area contributed by atoms with E-state index in [0.29, 0.717) is 34.2 Å². The summed E-state index contributed by atoms with van der Waals surface area (Å²) in [4.78, 5) is 53.2. The predicted molar refractivity (Wildman–Crippen MR) is 167 cm³/mol. The number of carboxylic acids is 2. The molecule has 19 heteroatoms. The number of carbonyl (C=O) groups excluding carboxylic acids is 1. The molecule has 0 bridgehead atoms.